The Morgan fingerprint density at radius 1 is 0.306 bits per heavy atom. The molecule has 0 radical (unpaired) electrons. The molecule has 49 heavy (non-hydrogen) atoms. The van der Waals surface area contributed by atoms with Crippen molar-refractivity contribution in [3.8, 4) is 67.5 Å². The summed E-state index contributed by atoms with van der Waals surface area (Å²) < 4.78 is 6.22. The first-order valence-corrected chi connectivity index (χ1v) is 16.4. The van der Waals surface area contributed by atoms with Gasteiger partial charge in [-0.3, -0.25) is 0 Å². The van der Waals surface area contributed by atoms with Crippen LogP contribution in [0.2, 0.25) is 0 Å². The molecule has 0 bridgehead atoms. The molecule has 9 aromatic rings. The Balaban J connectivity index is 1.24. The molecule has 4 heteroatoms. The first-order valence-electron chi connectivity index (χ1n) is 16.4. The van der Waals surface area contributed by atoms with Crippen molar-refractivity contribution in [2.75, 3.05) is 0 Å². The van der Waals surface area contributed by atoms with Crippen molar-refractivity contribution < 1.29 is 4.42 Å². The van der Waals surface area contributed by atoms with Crippen LogP contribution in [-0.2, 0) is 0 Å². The quantitative estimate of drug-likeness (QED) is 0.184. The molecular weight excluding hydrogens is 599 g/mol. The molecule has 0 aliphatic heterocycles. The molecule has 0 amide bonds. The lowest BCUT2D eigenvalue weighted by Crippen LogP contribution is -2.01. The van der Waals surface area contributed by atoms with E-state index in [0.717, 1.165) is 72.0 Å². The van der Waals surface area contributed by atoms with E-state index in [1.165, 1.54) is 0 Å². The van der Waals surface area contributed by atoms with Crippen LogP contribution in [0, 0.1) is 0 Å². The highest BCUT2D eigenvalue weighted by Crippen LogP contribution is 2.38. The van der Waals surface area contributed by atoms with Gasteiger partial charge in [-0.2, -0.15) is 0 Å². The van der Waals surface area contributed by atoms with E-state index in [1.54, 1.807) is 0 Å². The van der Waals surface area contributed by atoms with E-state index in [2.05, 4.69) is 133 Å². The lowest BCUT2D eigenvalue weighted by molar-refractivity contribution is 0.669. The van der Waals surface area contributed by atoms with Gasteiger partial charge in [0.25, 0.3) is 0 Å². The Morgan fingerprint density at radius 2 is 0.796 bits per heavy atom. The van der Waals surface area contributed by atoms with E-state index in [9.17, 15) is 0 Å². The smallest absolute Gasteiger partial charge is 0.164 e. The molecular formula is C45H29N3O. The molecule has 0 aliphatic carbocycles. The number of rotatable bonds is 6. The Hall–Kier alpha value is -6.65. The summed E-state index contributed by atoms with van der Waals surface area (Å²) in [4.78, 5) is 15.4. The standard InChI is InChI=1S/C45H29N3O/c1-3-14-30(15-4-1)32-18-11-20-34(28-32)43-46-44(48-45(47-43)38-23-8-7-22-36(38)31-16-5-2-6-17-31)35-21-12-19-33(29-35)37-25-13-27-41-42(37)39-24-9-10-26-40(39)49-41/h1-29H. The first kappa shape index (κ1) is 28.6. The number of para-hydroxylation sites is 1. The van der Waals surface area contributed by atoms with Crippen LogP contribution in [0.15, 0.2) is 180 Å². The fraction of sp³-hybridized carbons (Fsp3) is 0. The minimum atomic E-state index is 0.610. The van der Waals surface area contributed by atoms with Gasteiger partial charge in [0.2, 0.25) is 0 Å². The van der Waals surface area contributed by atoms with E-state index in [1.807, 2.05) is 42.5 Å². The van der Waals surface area contributed by atoms with Crippen LogP contribution in [-0.4, -0.2) is 15.0 Å². The number of benzene rings is 7. The third-order valence-corrected chi connectivity index (χ3v) is 8.95. The third-order valence-electron chi connectivity index (χ3n) is 8.95. The maximum absolute atomic E-state index is 6.22. The van der Waals surface area contributed by atoms with Gasteiger partial charge in [-0.15, -0.1) is 0 Å². The highest BCUT2D eigenvalue weighted by Gasteiger charge is 2.17. The topological polar surface area (TPSA) is 51.8 Å². The second kappa shape index (κ2) is 12.2. The zero-order valence-corrected chi connectivity index (χ0v) is 26.5. The lowest BCUT2D eigenvalue weighted by Gasteiger charge is -2.13. The fourth-order valence-corrected chi connectivity index (χ4v) is 6.61. The monoisotopic (exact) mass is 627 g/mol. The fourth-order valence-electron chi connectivity index (χ4n) is 6.61. The molecule has 0 spiro atoms. The molecule has 9 rings (SSSR count). The summed E-state index contributed by atoms with van der Waals surface area (Å²) in [6.07, 6.45) is 0. The molecule has 0 saturated heterocycles. The molecule has 0 atom stereocenters. The van der Waals surface area contributed by atoms with Gasteiger partial charge in [-0.25, -0.2) is 15.0 Å². The van der Waals surface area contributed by atoms with Crippen LogP contribution in [0.3, 0.4) is 0 Å². The van der Waals surface area contributed by atoms with E-state index >= 15 is 0 Å². The summed E-state index contributed by atoms with van der Waals surface area (Å²) in [6.45, 7) is 0. The predicted octanol–water partition coefficient (Wildman–Crippen LogP) is 11.8. The van der Waals surface area contributed by atoms with Crippen molar-refractivity contribution in [2.45, 2.75) is 0 Å². The number of hydrogen-bond donors (Lipinski definition) is 0. The van der Waals surface area contributed by atoms with Crippen molar-refractivity contribution in [1.82, 2.24) is 15.0 Å². The van der Waals surface area contributed by atoms with Gasteiger partial charge in [0.05, 0.1) is 0 Å². The van der Waals surface area contributed by atoms with Crippen molar-refractivity contribution in [2.24, 2.45) is 0 Å². The van der Waals surface area contributed by atoms with Gasteiger partial charge < -0.3 is 4.42 Å². The Kier molecular flexibility index (Phi) is 7.10. The number of fused-ring (bicyclic) bond motifs is 3. The van der Waals surface area contributed by atoms with Gasteiger partial charge in [-0.1, -0.05) is 152 Å². The van der Waals surface area contributed by atoms with Crippen LogP contribution in [0.5, 0.6) is 0 Å². The SMILES string of the molecule is c1ccc(-c2cccc(-c3nc(-c4cccc(-c5cccc6oc7ccccc7c56)c4)nc(-c4ccccc4-c4ccccc4)n3)c2)cc1. The van der Waals surface area contributed by atoms with Crippen molar-refractivity contribution in [1.29, 1.82) is 0 Å². The summed E-state index contributed by atoms with van der Waals surface area (Å²) in [5, 5.41) is 2.20. The number of hydrogen-bond acceptors (Lipinski definition) is 4. The van der Waals surface area contributed by atoms with Gasteiger partial charge in [0.1, 0.15) is 11.2 Å². The summed E-state index contributed by atoms with van der Waals surface area (Å²) in [6, 6.07) is 60.4. The van der Waals surface area contributed by atoms with E-state index in [-0.39, 0.29) is 0 Å². The van der Waals surface area contributed by atoms with Crippen LogP contribution in [0.25, 0.3) is 89.5 Å². The van der Waals surface area contributed by atoms with Crippen molar-refractivity contribution in [3.05, 3.63) is 176 Å². The average molecular weight is 628 g/mol. The van der Waals surface area contributed by atoms with Gasteiger partial charge >= 0.3 is 0 Å². The number of aromatic nitrogens is 3. The lowest BCUT2D eigenvalue weighted by atomic mass is 9.97. The van der Waals surface area contributed by atoms with E-state index in [4.69, 9.17) is 19.4 Å². The molecule has 0 saturated carbocycles. The second-order valence-corrected chi connectivity index (χ2v) is 12.0. The van der Waals surface area contributed by atoms with Crippen molar-refractivity contribution in [3.63, 3.8) is 0 Å². The number of nitrogens with zero attached hydrogens (tertiary/aromatic N) is 3. The molecule has 2 heterocycles. The second-order valence-electron chi connectivity index (χ2n) is 12.0. The summed E-state index contributed by atoms with van der Waals surface area (Å²) >= 11 is 0. The Labute approximate surface area is 284 Å². The molecule has 0 aliphatic rings. The molecule has 2 aromatic heterocycles. The Morgan fingerprint density at radius 3 is 1.55 bits per heavy atom. The average Bonchev–Trinajstić information content (AvgIpc) is 3.58. The van der Waals surface area contributed by atoms with E-state index in [0.29, 0.717) is 17.5 Å². The summed E-state index contributed by atoms with van der Waals surface area (Å²) in [5.41, 5.74) is 11.1. The Bertz CT molecular complexity index is 2610. The van der Waals surface area contributed by atoms with Crippen LogP contribution < -0.4 is 0 Å². The summed E-state index contributed by atoms with van der Waals surface area (Å²) in [7, 11) is 0. The van der Waals surface area contributed by atoms with Gasteiger partial charge in [0.15, 0.2) is 17.5 Å². The van der Waals surface area contributed by atoms with Gasteiger partial charge in [-0.05, 0) is 57.6 Å². The minimum absolute atomic E-state index is 0.610. The maximum atomic E-state index is 6.22. The largest absolute Gasteiger partial charge is 0.456 e. The van der Waals surface area contributed by atoms with E-state index < -0.39 is 0 Å². The zero-order chi connectivity index (χ0) is 32.6. The maximum Gasteiger partial charge on any atom is 0.164 e. The zero-order valence-electron chi connectivity index (χ0n) is 26.5. The first-order chi connectivity index (χ1) is 24.3. The van der Waals surface area contributed by atoms with Crippen LogP contribution >= 0.6 is 0 Å². The molecule has 7 aromatic carbocycles. The molecule has 0 unspecified atom stereocenters. The van der Waals surface area contributed by atoms with Crippen molar-refractivity contribution >= 4 is 21.9 Å². The number of furan rings is 1. The third kappa shape index (κ3) is 5.35. The van der Waals surface area contributed by atoms with Crippen LogP contribution in [0.4, 0.5) is 0 Å². The predicted molar refractivity (Wildman–Crippen MR) is 200 cm³/mol. The summed E-state index contributed by atoms with van der Waals surface area (Å²) in [5.74, 6) is 1.85. The molecule has 0 N–H and O–H groups in total. The highest BCUT2D eigenvalue weighted by molar-refractivity contribution is 6.12. The highest BCUT2D eigenvalue weighted by atomic mass is 16.3. The van der Waals surface area contributed by atoms with Crippen LogP contribution in [0.1, 0.15) is 0 Å². The van der Waals surface area contributed by atoms with Gasteiger partial charge in [0, 0.05) is 27.5 Å². The minimum Gasteiger partial charge on any atom is -0.456 e. The molecule has 230 valence electrons. The molecule has 4 nitrogen and oxygen atoms in total. The normalized spacial score (nSPS) is 11.3. The molecule has 0 fully saturated rings.